The third-order valence-corrected chi connectivity index (χ3v) is 4.20. The van der Waals surface area contributed by atoms with E-state index in [0.717, 1.165) is 5.56 Å². The monoisotopic (exact) mass is 214 g/mol. The second-order valence-electron chi connectivity index (χ2n) is 3.76. The lowest BCUT2D eigenvalue weighted by Crippen LogP contribution is -2.31. The minimum Gasteiger partial charge on any atom is -0.374 e. The van der Waals surface area contributed by atoms with E-state index in [1.807, 2.05) is 6.92 Å². The van der Waals surface area contributed by atoms with Gasteiger partial charge < -0.3 is 5.11 Å². The third kappa shape index (κ3) is 1.96. The molecule has 1 aromatic rings. The van der Waals surface area contributed by atoms with E-state index in [1.165, 1.54) is 26.0 Å². The molecule has 0 unspecified atom stereocenters. The molecule has 0 aliphatic rings. The van der Waals surface area contributed by atoms with Crippen LogP contribution in [0.4, 0.5) is 0 Å². The molecule has 0 fully saturated rings. The maximum atomic E-state index is 11.7. The molecule has 1 N–H and O–H groups in total. The topological polar surface area (TPSA) is 54.4 Å². The van der Waals surface area contributed by atoms with Crippen molar-refractivity contribution in [2.75, 3.05) is 0 Å². The molecule has 3 nitrogen and oxygen atoms in total. The lowest BCUT2D eigenvalue weighted by atomic mass is 10.2. The number of rotatable bonds is 2. The van der Waals surface area contributed by atoms with Crippen molar-refractivity contribution in [2.45, 2.75) is 30.6 Å². The van der Waals surface area contributed by atoms with Gasteiger partial charge in [-0.1, -0.05) is 17.7 Å². The summed E-state index contributed by atoms with van der Waals surface area (Å²) in [6.45, 7) is 4.41. The van der Waals surface area contributed by atoms with Crippen LogP contribution in [0.2, 0.25) is 0 Å². The lowest BCUT2D eigenvalue weighted by Gasteiger charge is -2.17. The van der Waals surface area contributed by atoms with Crippen LogP contribution in [0.15, 0.2) is 29.2 Å². The molecule has 78 valence electrons. The molecule has 0 saturated heterocycles. The fraction of sp³-hybridized carbons (Fsp3) is 0.400. The summed E-state index contributed by atoms with van der Waals surface area (Å²) in [6, 6.07) is 6.42. The Morgan fingerprint density at radius 3 is 1.93 bits per heavy atom. The summed E-state index contributed by atoms with van der Waals surface area (Å²) in [5, 5.41) is 9.48. The van der Waals surface area contributed by atoms with Crippen molar-refractivity contribution in [2.24, 2.45) is 0 Å². The molecule has 0 atom stereocenters. The highest BCUT2D eigenvalue weighted by atomic mass is 32.2. The van der Waals surface area contributed by atoms with Crippen molar-refractivity contribution in [3.8, 4) is 0 Å². The first kappa shape index (κ1) is 11.2. The maximum absolute atomic E-state index is 11.7. The summed E-state index contributed by atoms with van der Waals surface area (Å²) in [4.78, 5) is -1.59. The van der Waals surface area contributed by atoms with Crippen LogP contribution >= 0.6 is 0 Å². The van der Waals surface area contributed by atoms with E-state index in [-0.39, 0.29) is 4.90 Å². The van der Waals surface area contributed by atoms with Crippen LogP contribution in [0, 0.1) is 6.92 Å². The molecule has 0 amide bonds. The molecular formula is C10H14O3S. The van der Waals surface area contributed by atoms with Gasteiger partial charge in [-0.3, -0.25) is 0 Å². The molecule has 1 aromatic carbocycles. The molecule has 4 heteroatoms. The van der Waals surface area contributed by atoms with Gasteiger partial charge in [0.25, 0.3) is 0 Å². The molecule has 0 radical (unpaired) electrons. The van der Waals surface area contributed by atoms with Crippen LogP contribution in [-0.4, -0.2) is 18.5 Å². The zero-order valence-corrected chi connectivity index (χ0v) is 9.30. The number of sulfone groups is 1. The first-order valence-electron chi connectivity index (χ1n) is 4.29. The second kappa shape index (κ2) is 3.37. The van der Waals surface area contributed by atoms with Crippen molar-refractivity contribution in [3.05, 3.63) is 29.8 Å². The fourth-order valence-electron chi connectivity index (χ4n) is 1.01. The van der Waals surface area contributed by atoms with Crippen molar-refractivity contribution in [3.63, 3.8) is 0 Å². The highest BCUT2D eigenvalue weighted by molar-refractivity contribution is 7.92. The van der Waals surface area contributed by atoms with Crippen LogP contribution in [0.1, 0.15) is 19.4 Å². The van der Waals surface area contributed by atoms with Crippen LogP contribution in [0.25, 0.3) is 0 Å². The van der Waals surface area contributed by atoms with Crippen LogP contribution < -0.4 is 0 Å². The predicted octanol–water partition coefficient (Wildman–Crippen LogP) is 1.50. The summed E-state index contributed by atoms with van der Waals surface area (Å²) >= 11 is 0. The summed E-state index contributed by atoms with van der Waals surface area (Å²) in [5.74, 6) is 0. The van der Waals surface area contributed by atoms with E-state index >= 15 is 0 Å². The lowest BCUT2D eigenvalue weighted by molar-refractivity contribution is 0.165. The quantitative estimate of drug-likeness (QED) is 0.811. The van der Waals surface area contributed by atoms with Gasteiger partial charge >= 0.3 is 0 Å². The van der Waals surface area contributed by atoms with Crippen LogP contribution in [-0.2, 0) is 9.84 Å². The smallest absolute Gasteiger partial charge is 0.207 e. The molecule has 0 aliphatic heterocycles. The van der Waals surface area contributed by atoms with Crippen LogP contribution in [0.3, 0.4) is 0 Å². The number of benzene rings is 1. The molecule has 0 aliphatic carbocycles. The Bertz CT molecular complexity index is 410. The average Bonchev–Trinajstić information content (AvgIpc) is 2.03. The van der Waals surface area contributed by atoms with E-state index in [2.05, 4.69) is 0 Å². The Hall–Kier alpha value is -0.870. The molecule has 0 aromatic heterocycles. The normalized spacial score (nSPS) is 12.9. The highest BCUT2D eigenvalue weighted by Gasteiger charge is 2.32. The Morgan fingerprint density at radius 1 is 1.14 bits per heavy atom. The minimum absolute atomic E-state index is 0.149. The summed E-state index contributed by atoms with van der Waals surface area (Å²) in [6.07, 6.45) is 0. The molecule has 0 saturated carbocycles. The first-order chi connectivity index (χ1) is 6.25. The highest BCUT2D eigenvalue weighted by Crippen LogP contribution is 2.22. The van der Waals surface area contributed by atoms with Gasteiger partial charge in [-0.2, -0.15) is 0 Å². The molecule has 1 rings (SSSR count). The van der Waals surface area contributed by atoms with Crippen molar-refractivity contribution in [1.29, 1.82) is 0 Å². The molecule has 0 heterocycles. The summed E-state index contributed by atoms with van der Waals surface area (Å²) < 4.78 is 23.4. The van der Waals surface area contributed by atoms with Crippen LogP contribution in [0.5, 0.6) is 0 Å². The van der Waals surface area contributed by atoms with E-state index in [4.69, 9.17) is 0 Å². The van der Waals surface area contributed by atoms with Crippen molar-refractivity contribution in [1.82, 2.24) is 0 Å². The molecular weight excluding hydrogens is 200 g/mol. The Labute approximate surface area is 84.3 Å². The second-order valence-corrected chi connectivity index (χ2v) is 6.24. The summed E-state index contributed by atoms with van der Waals surface area (Å²) in [5.41, 5.74) is 0.986. The number of aliphatic hydroxyl groups is 1. The fourth-order valence-corrected chi connectivity index (χ4v) is 2.08. The van der Waals surface area contributed by atoms with Gasteiger partial charge in [0.15, 0.2) is 4.93 Å². The van der Waals surface area contributed by atoms with Gasteiger partial charge in [0.2, 0.25) is 9.84 Å². The number of aryl methyl sites for hydroxylation is 1. The SMILES string of the molecule is Cc1ccc(S(=O)(=O)C(C)(C)O)cc1. The molecule has 14 heavy (non-hydrogen) atoms. The minimum atomic E-state index is -3.64. The van der Waals surface area contributed by atoms with E-state index in [0.29, 0.717) is 0 Å². The van der Waals surface area contributed by atoms with Gasteiger partial charge in [0, 0.05) is 0 Å². The molecule has 0 spiro atoms. The van der Waals surface area contributed by atoms with Gasteiger partial charge in [-0.25, -0.2) is 8.42 Å². The zero-order valence-electron chi connectivity index (χ0n) is 8.48. The van der Waals surface area contributed by atoms with Gasteiger partial charge in [-0.15, -0.1) is 0 Å². The van der Waals surface area contributed by atoms with E-state index in [1.54, 1.807) is 12.1 Å². The maximum Gasteiger partial charge on any atom is 0.207 e. The Kier molecular flexibility index (Phi) is 2.69. The third-order valence-electron chi connectivity index (χ3n) is 1.99. The van der Waals surface area contributed by atoms with Crippen molar-refractivity contribution >= 4 is 9.84 Å². The van der Waals surface area contributed by atoms with Gasteiger partial charge in [-0.05, 0) is 32.9 Å². The molecule has 0 bridgehead atoms. The average molecular weight is 214 g/mol. The van der Waals surface area contributed by atoms with E-state index in [9.17, 15) is 13.5 Å². The Balaban J connectivity index is 3.25. The zero-order chi connectivity index (χ0) is 11.0. The first-order valence-corrected chi connectivity index (χ1v) is 5.77. The van der Waals surface area contributed by atoms with Gasteiger partial charge in [0.1, 0.15) is 0 Å². The van der Waals surface area contributed by atoms with E-state index < -0.39 is 14.8 Å². The summed E-state index contributed by atoms with van der Waals surface area (Å²) in [7, 11) is -3.64. The predicted molar refractivity (Wildman–Crippen MR) is 54.7 cm³/mol. The van der Waals surface area contributed by atoms with Crippen molar-refractivity contribution < 1.29 is 13.5 Å². The largest absolute Gasteiger partial charge is 0.374 e. The Morgan fingerprint density at radius 2 is 1.57 bits per heavy atom. The number of hydrogen-bond acceptors (Lipinski definition) is 3. The van der Waals surface area contributed by atoms with Gasteiger partial charge in [0.05, 0.1) is 4.90 Å². The standard InChI is InChI=1S/C10H14O3S/c1-8-4-6-9(7-5-8)14(12,13)10(2,3)11/h4-7,11H,1-3H3. The number of hydrogen-bond donors (Lipinski definition) is 1.